The molecular weight excluding hydrogens is 244 g/mol. The molecule has 0 radical (unpaired) electrons. The number of hydrogen-bond acceptors (Lipinski definition) is 1. The third-order valence-electron chi connectivity index (χ3n) is 4.65. The van der Waals surface area contributed by atoms with Crippen molar-refractivity contribution in [3.63, 3.8) is 0 Å². The zero-order chi connectivity index (χ0) is 14.0. The maximum Gasteiger partial charge on any atom is 0.129 e. The zero-order valence-electron chi connectivity index (χ0n) is 12.0. The Morgan fingerprint density at radius 1 is 1.37 bits per heavy atom. The Kier molecular flexibility index (Phi) is 4.24. The maximum atomic E-state index is 13.8. The summed E-state index contributed by atoms with van der Waals surface area (Å²) in [5, 5.41) is 3.33. The minimum absolute atomic E-state index is 0.248. The van der Waals surface area contributed by atoms with Crippen molar-refractivity contribution in [3.05, 3.63) is 35.4 Å². The molecule has 106 valence electrons. The van der Waals surface area contributed by atoms with Gasteiger partial charge in [-0.3, -0.25) is 0 Å². The largest absolute Gasteiger partial charge is 0.316 e. The Morgan fingerprint density at radius 2 is 2.11 bits per heavy atom. The molecule has 1 fully saturated rings. The Balaban J connectivity index is 2.15. The monoisotopic (exact) mass is 267 g/mol. The minimum Gasteiger partial charge on any atom is -0.316 e. The summed E-state index contributed by atoms with van der Waals surface area (Å²) >= 11 is 0. The zero-order valence-corrected chi connectivity index (χ0v) is 12.0. The molecule has 1 aromatic rings. The summed E-state index contributed by atoms with van der Waals surface area (Å²) in [5.74, 6) is -0.401. The highest BCUT2D eigenvalue weighted by Crippen LogP contribution is 2.44. The van der Waals surface area contributed by atoms with Crippen molar-refractivity contribution in [1.29, 1.82) is 0 Å². The van der Waals surface area contributed by atoms with Gasteiger partial charge in [-0.15, -0.1) is 0 Å². The van der Waals surface area contributed by atoms with Gasteiger partial charge in [-0.05, 0) is 49.3 Å². The first-order chi connectivity index (χ1) is 8.94. The van der Waals surface area contributed by atoms with Crippen LogP contribution in [0.15, 0.2) is 18.2 Å². The van der Waals surface area contributed by atoms with Crippen molar-refractivity contribution in [3.8, 4) is 0 Å². The van der Waals surface area contributed by atoms with Crippen LogP contribution in [0.3, 0.4) is 0 Å². The number of halogens is 2. The molecule has 2 unspecified atom stereocenters. The predicted octanol–water partition coefficient (Wildman–Crippen LogP) is 3.92. The van der Waals surface area contributed by atoms with Crippen LogP contribution in [0.25, 0.3) is 0 Å². The van der Waals surface area contributed by atoms with Gasteiger partial charge in [0.15, 0.2) is 0 Å². The highest BCUT2D eigenvalue weighted by molar-refractivity contribution is 5.20. The molecule has 0 aromatic heterocycles. The van der Waals surface area contributed by atoms with E-state index in [1.165, 1.54) is 25.3 Å². The van der Waals surface area contributed by atoms with Crippen molar-refractivity contribution in [1.82, 2.24) is 5.32 Å². The molecule has 0 spiro atoms. The highest BCUT2D eigenvalue weighted by atomic mass is 19.1. The fourth-order valence-corrected chi connectivity index (χ4v) is 3.47. The van der Waals surface area contributed by atoms with Gasteiger partial charge >= 0.3 is 0 Å². The van der Waals surface area contributed by atoms with E-state index in [4.69, 9.17) is 0 Å². The molecular formula is C16H23F2N. The molecule has 0 amide bonds. The van der Waals surface area contributed by atoms with Crippen molar-refractivity contribution in [2.45, 2.75) is 45.6 Å². The lowest BCUT2D eigenvalue weighted by Gasteiger charge is -2.34. The Hall–Kier alpha value is -0.960. The minimum atomic E-state index is -0.511. The molecule has 19 heavy (non-hydrogen) atoms. The van der Waals surface area contributed by atoms with E-state index < -0.39 is 11.6 Å². The van der Waals surface area contributed by atoms with Crippen molar-refractivity contribution < 1.29 is 8.78 Å². The van der Waals surface area contributed by atoms with Gasteiger partial charge in [0.05, 0.1) is 0 Å². The van der Waals surface area contributed by atoms with E-state index in [0.717, 1.165) is 6.07 Å². The van der Waals surface area contributed by atoms with E-state index in [0.29, 0.717) is 23.3 Å². The Morgan fingerprint density at radius 3 is 2.63 bits per heavy atom. The smallest absolute Gasteiger partial charge is 0.129 e. The summed E-state index contributed by atoms with van der Waals surface area (Å²) < 4.78 is 26.7. The molecule has 1 aromatic carbocycles. The van der Waals surface area contributed by atoms with Gasteiger partial charge in [-0.1, -0.05) is 26.3 Å². The molecule has 0 bridgehead atoms. The van der Waals surface area contributed by atoms with Crippen LogP contribution in [0.1, 0.15) is 38.7 Å². The van der Waals surface area contributed by atoms with Crippen LogP contribution in [0, 0.1) is 23.0 Å². The van der Waals surface area contributed by atoms with Crippen LogP contribution in [-0.2, 0) is 6.42 Å². The first kappa shape index (κ1) is 14.4. The molecule has 1 nitrogen and oxygen atoms in total. The van der Waals surface area contributed by atoms with Crippen molar-refractivity contribution >= 4 is 0 Å². The quantitative estimate of drug-likeness (QED) is 0.871. The second kappa shape index (κ2) is 5.58. The third kappa shape index (κ3) is 3.14. The first-order valence-electron chi connectivity index (χ1n) is 7.05. The summed E-state index contributed by atoms with van der Waals surface area (Å²) in [4.78, 5) is 0. The van der Waals surface area contributed by atoms with E-state index in [1.807, 2.05) is 7.05 Å². The average Bonchev–Trinajstić information content (AvgIpc) is 2.68. The summed E-state index contributed by atoms with van der Waals surface area (Å²) in [6.07, 6.45) is 4.27. The van der Waals surface area contributed by atoms with E-state index in [9.17, 15) is 8.78 Å². The van der Waals surface area contributed by atoms with Gasteiger partial charge in [0, 0.05) is 12.1 Å². The lowest BCUT2D eigenvalue weighted by atomic mass is 9.76. The second-order valence-electron chi connectivity index (χ2n) is 6.32. The molecule has 0 saturated heterocycles. The SMILES string of the molecule is CNC(Cc1ccc(F)cc1F)C1CCCC1(C)C. The van der Waals surface area contributed by atoms with Crippen molar-refractivity contribution in [2.75, 3.05) is 7.05 Å². The topological polar surface area (TPSA) is 12.0 Å². The molecule has 2 atom stereocenters. The molecule has 1 N–H and O–H groups in total. The van der Waals surface area contributed by atoms with Gasteiger partial charge in [-0.2, -0.15) is 0 Å². The Labute approximate surface area is 114 Å². The van der Waals surface area contributed by atoms with Gasteiger partial charge in [-0.25, -0.2) is 8.78 Å². The summed E-state index contributed by atoms with van der Waals surface area (Å²) in [6.45, 7) is 4.58. The van der Waals surface area contributed by atoms with Crippen LogP contribution < -0.4 is 5.32 Å². The third-order valence-corrected chi connectivity index (χ3v) is 4.65. The van der Waals surface area contributed by atoms with E-state index in [-0.39, 0.29) is 6.04 Å². The molecule has 0 aliphatic heterocycles. The van der Waals surface area contributed by atoms with Gasteiger partial charge in [0.1, 0.15) is 11.6 Å². The van der Waals surface area contributed by atoms with Gasteiger partial charge in [0.25, 0.3) is 0 Å². The summed E-state index contributed by atoms with van der Waals surface area (Å²) in [5.41, 5.74) is 0.896. The van der Waals surface area contributed by atoms with Crippen molar-refractivity contribution in [2.24, 2.45) is 11.3 Å². The van der Waals surface area contributed by atoms with E-state index in [2.05, 4.69) is 19.2 Å². The normalized spacial score (nSPS) is 23.5. The molecule has 2 rings (SSSR count). The van der Waals surface area contributed by atoms with Gasteiger partial charge < -0.3 is 5.32 Å². The fraction of sp³-hybridized carbons (Fsp3) is 0.625. The highest BCUT2D eigenvalue weighted by Gasteiger charge is 2.39. The van der Waals surface area contributed by atoms with Crippen LogP contribution in [0.2, 0.25) is 0 Å². The number of hydrogen-bond donors (Lipinski definition) is 1. The number of benzene rings is 1. The molecule has 3 heteroatoms. The lowest BCUT2D eigenvalue weighted by molar-refractivity contribution is 0.201. The van der Waals surface area contributed by atoms with Crippen LogP contribution >= 0.6 is 0 Å². The molecule has 0 heterocycles. The first-order valence-corrected chi connectivity index (χ1v) is 7.05. The predicted molar refractivity (Wildman–Crippen MR) is 74.0 cm³/mol. The van der Waals surface area contributed by atoms with E-state index >= 15 is 0 Å². The standard InChI is InChI=1S/C16H23F2N/c1-16(2)8-4-5-13(16)15(19-3)9-11-6-7-12(17)10-14(11)18/h6-7,10,13,15,19H,4-5,8-9H2,1-3H3. The summed E-state index contributed by atoms with van der Waals surface area (Å²) in [7, 11) is 1.93. The number of nitrogens with one attached hydrogen (secondary N) is 1. The number of rotatable bonds is 4. The lowest BCUT2D eigenvalue weighted by Crippen LogP contribution is -2.40. The fourth-order valence-electron chi connectivity index (χ4n) is 3.47. The number of likely N-dealkylation sites (N-methyl/N-ethyl adjacent to an activating group) is 1. The van der Waals surface area contributed by atoms with Crippen LogP contribution in [-0.4, -0.2) is 13.1 Å². The molecule has 1 aliphatic rings. The second-order valence-corrected chi connectivity index (χ2v) is 6.32. The molecule has 1 saturated carbocycles. The Bertz CT molecular complexity index is 442. The molecule has 1 aliphatic carbocycles. The van der Waals surface area contributed by atoms with Crippen LogP contribution in [0.4, 0.5) is 8.78 Å². The average molecular weight is 267 g/mol. The van der Waals surface area contributed by atoms with Gasteiger partial charge in [0.2, 0.25) is 0 Å². The summed E-state index contributed by atoms with van der Waals surface area (Å²) in [6, 6.07) is 4.13. The van der Waals surface area contributed by atoms with Crippen LogP contribution in [0.5, 0.6) is 0 Å². The van der Waals surface area contributed by atoms with E-state index in [1.54, 1.807) is 6.07 Å². The maximum absolute atomic E-state index is 13.8.